The van der Waals surface area contributed by atoms with Crippen molar-refractivity contribution in [1.29, 1.82) is 0 Å². The van der Waals surface area contributed by atoms with Gasteiger partial charge in [-0.05, 0) is 41.4 Å². The first-order valence-corrected chi connectivity index (χ1v) is 5.64. The molecule has 1 atom stereocenters. The standard InChI is InChI=1S/C10H13BrN2O/c11-7-5-9(14)10(13-6-7)8-3-1-2-4-12-8/h5-6,8,12,14H,1-4H2/t8-/m0/s1. The first kappa shape index (κ1) is 9.93. The highest BCUT2D eigenvalue weighted by Crippen LogP contribution is 2.29. The van der Waals surface area contributed by atoms with Gasteiger partial charge in [0.1, 0.15) is 5.75 Å². The fraction of sp³-hybridized carbons (Fsp3) is 0.500. The Hall–Kier alpha value is -0.610. The monoisotopic (exact) mass is 256 g/mol. The zero-order valence-corrected chi connectivity index (χ0v) is 9.42. The average molecular weight is 257 g/mol. The molecule has 0 amide bonds. The summed E-state index contributed by atoms with van der Waals surface area (Å²) in [6, 6.07) is 1.91. The lowest BCUT2D eigenvalue weighted by molar-refractivity contribution is 0.382. The second-order valence-electron chi connectivity index (χ2n) is 3.56. The number of piperidine rings is 1. The molecule has 2 heterocycles. The van der Waals surface area contributed by atoms with Crippen LogP contribution < -0.4 is 5.32 Å². The van der Waals surface area contributed by atoms with Gasteiger partial charge < -0.3 is 10.4 Å². The molecule has 0 spiro atoms. The normalized spacial score (nSPS) is 22.2. The molecule has 3 nitrogen and oxygen atoms in total. The molecule has 0 aromatic carbocycles. The third kappa shape index (κ3) is 2.07. The second kappa shape index (κ2) is 4.28. The zero-order valence-electron chi connectivity index (χ0n) is 7.83. The van der Waals surface area contributed by atoms with Crippen LogP contribution in [0.1, 0.15) is 31.0 Å². The highest BCUT2D eigenvalue weighted by atomic mass is 79.9. The summed E-state index contributed by atoms with van der Waals surface area (Å²) in [7, 11) is 0. The SMILES string of the molecule is Oc1cc(Br)cnc1[C@@H]1CCCCN1. The Kier molecular flexibility index (Phi) is 3.03. The Labute approximate surface area is 91.7 Å². The van der Waals surface area contributed by atoms with E-state index < -0.39 is 0 Å². The molecule has 4 heteroatoms. The molecule has 1 saturated heterocycles. The molecular weight excluding hydrogens is 244 g/mol. The summed E-state index contributed by atoms with van der Waals surface area (Å²) in [6.45, 7) is 1.02. The van der Waals surface area contributed by atoms with Gasteiger partial charge in [0.05, 0.1) is 11.7 Å². The molecule has 1 aromatic heterocycles. The molecule has 0 radical (unpaired) electrons. The van der Waals surface area contributed by atoms with E-state index in [1.807, 2.05) is 0 Å². The third-order valence-corrected chi connectivity index (χ3v) is 2.94. The van der Waals surface area contributed by atoms with E-state index in [2.05, 4.69) is 26.2 Å². The maximum Gasteiger partial charge on any atom is 0.139 e. The quantitative estimate of drug-likeness (QED) is 0.811. The molecule has 0 unspecified atom stereocenters. The molecule has 1 aliphatic rings. The second-order valence-corrected chi connectivity index (χ2v) is 4.48. The Balaban J connectivity index is 2.22. The molecule has 1 fully saturated rings. The van der Waals surface area contributed by atoms with Crippen LogP contribution >= 0.6 is 15.9 Å². The molecule has 2 N–H and O–H groups in total. The van der Waals surface area contributed by atoms with E-state index in [9.17, 15) is 5.11 Å². The summed E-state index contributed by atoms with van der Waals surface area (Å²) >= 11 is 3.28. The number of hydrogen-bond donors (Lipinski definition) is 2. The van der Waals surface area contributed by atoms with E-state index in [0.29, 0.717) is 0 Å². The van der Waals surface area contributed by atoms with Crippen molar-refractivity contribution in [2.24, 2.45) is 0 Å². The van der Waals surface area contributed by atoms with Crippen LogP contribution in [0.3, 0.4) is 0 Å². The Morgan fingerprint density at radius 3 is 3.00 bits per heavy atom. The highest BCUT2D eigenvalue weighted by Gasteiger charge is 2.18. The summed E-state index contributed by atoms with van der Waals surface area (Å²) in [5.41, 5.74) is 0.771. The molecule has 1 aliphatic heterocycles. The van der Waals surface area contributed by atoms with Gasteiger partial charge in [0.25, 0.3) is 0 Å². The van der Waals surface area contributed by atoms with Crippen molar-refractivity contribution in [3.05, 3.63) is 22.4 Å². The summed E-state index contributed by atoms with van der Waals surface area (Å²) in [5, 5.41) is 13.1. The Bertz CT molecular complexity index is 324. The van der Waals surface area contributed by atoms with Crippen molar-refractivity contribution in [1.82, 2.24) is 10.3 Å². The minimum Gasteiger partial charge on any atom is -0.506 e. The van der Waals surface area contributed by atoms with Gasteiger partial charge in [-0.3, -0.25) is 4.98 Å². The van der Waals surface area contributed by atoms with Crippen LogP contribution in [0.25, 0.3) is 0 Å². The van der Waals surface area contributed by atoms with Crippen LogP contribution in [0.4, 0.5) is 0 Å². The van der Waals surface area contributed by atoms with Crippen molar-refractivity contribution < 1.29 is 5.11 Å². The molecule has 0 aliphatic carbocycles. The molecule has 76 valence electrons. The van der Waals surface area contributed by atoms with E-state index in [1.165, 1.54) is 12.8 Å². The number of rotatable bonds is 1. The van der Waals surface area contributed by atoms with Crippen molar-refractivity contribution >= 4 is 15.9 Å². The molecular formula is C10H13BrN2O. The van der Waals surface area contributed by atoms with Gasteiger partial charge in [0.15, 0.2) is 0 Å². The van der Waals surface area contributed by atoms with E-state index in [4.69, 9.17) is 0 Å². The molecule has 0 bridgehead atoms. The predicted molar refractivity (Wildman–Crippen MR) is 58.2 cm³/mol. The van der Waals surface area contributed by atoms with Crippen LogP contribution in [-0.2, 0) is 0 Å². The van der Waals surface area contributed by atoms with Gasteiger partial charge in [0.2, 0.25) is 0 Å². The van der Waals surface area contributed by atoms with E-state index in [-0.39, 0.29) is 11.8 Å². The van der Waals surface area contributed by atoms with Crippen LogP contribution in [0.5, 0.6) is 5.75 Å². The minimum atomic E-state index is 0.219. The molecule has 14 heavy (non-hydrogen) atoms. The summed E-state index contributed by atoms with van der Waals surface area (Å²) < 4.78 is 0.814. The number of nitrogens with zero attached hydrogens (tertiary/aromatic N) is 1. The molecule has 2 rings (SSSR count). The van der Waals surface area contributed by atoms with E-state index in [1.54, 1.807) is 12.3 Å². The van der Waals surface area contributed by atoms with Crippen LogP contribution in [0, 0.1) is 0 Å². The lowest BCUT2D eigenvalue weighted by Gasteiger charge is -2.23. The first-order valence-electron chi connectivity index (χ1n) is 4.85. The number of aromatic nitrogens is 1. The van der Waals surface area contributed by atoms with Crippen molar-refractivity contribution in [2.75, 3.05) is 6.54 Å². The van der Waals surface area contributed by atoms with Crippen LogP contribution in [0.2, 0.25) is 0 Å². The number of aromatic hydroxyl groups is 1. The van der Waals surface area contributed by atoms with Gasteiger partial charge in [-0.15, -0.1) is 0 Å². The lowest BCUT2D eigenvalue weighted by Crippen LogP contribution is -2.27. The van der Waals surface area contributed by atoms with Gasteiger partial charge in [-0.2, -0.15) is 0 Å². The summed E-state index contributed by atoms with van der Waals surface area (Å²) in [5.74, 6) is 0.277. The summed E-state index contributed by atoms with van der Waals surface area (Å²) in [4.78, 5) is 4.24. The number of hydrogen-bond acceptors (Lipinski definition) is 3. The van der Waals surface area contributed by atoms with Crippen LogP contribution in [0.15, 0.2) is 16.7 Å². The molecule has 1 aromatic rings. The number of nitrogens with one attached hydrogen (secondary N) is 1. The zero-order chi connectivity index (χ0) is 9.97. The van der Waals surface area contributed by atoms with Gasteiger partial charge in [0, 0.05) is 10.7 Å². The van der Waals surface area contributed by atoms with Gasteiger partial charge in [-0.25, -0.2) is 0 Å². The largest absolute Gasteiger partial charge is 0.506 e. The van der Waals surface area contributed by atoms with Crippen molar-refractivity contribution in [2.45, 2.75) is 25.3 Å². The Morgan fingerprint density at radius 1 is 1.50 bits per heavy atom. The van der Waals surface area contributed by atoms with Crippen molar-refractivity contribution in [3.63, 3.8) is 0 Å². The number of halogens is 1. The van der Waals surface area contributed by atoms with Gasteiger partial charge in [-0.1, -0.05) is 6.42 Å². The van der Waals surface area contributed by atoms with E-state index >= 15 is 0 Å². The Morgan fingerprint density at radius 2 is 2.36 bits per heavy atom. The predicted octanol–water partition coefficient (Wildman–Crippen LogP) is 2.36. The highest BCUT2D eigenvalue weighted by molar-refractivity contribution is 9.10. The smallest absolute Gasteiger partial charge is 0.139 e. The topological polar surface area (TPSA) is 45.2 Å². The number of pyridine rings is 1. The fourth-order valence-electron chi connectivity index (χ4n) is 1.79. The minimum absolute atomic E-state index is 0.219. The van der Waals surface area contributed by atoms with Crippen LogP contribution in [-0.4, -0.2) is 16.6 Å². The fourth-order valence-corrected chi connectivity index (χ4v) is 2.11. The summed E-state index contributed by atoms with van der Waals surface area (Å²) in [6.07, 6.45) is 5.20. The molecule has 0 saturated carbocycles. The maximum absolute atomic E-state index is 9.71. The van der Waals surface area contributed by atoms with Crippen molar-refractivity contribution in [3.8, 4) is 5.75 Å². The maximum atomic E-state index is 9.71. The average Bonchev–Trinajstić information content (AvgIpc) is 2.19. The lowest BCUT2D eigenvalue weighted by atomic mass is 10.0. The third-order valence-electron chi connectivity index (χ3n) is 2.50. The van der Waals surface area contributed by atoms with E-state index in [0.717, 1.165) is 23.1 Å². The van der Waals surface area contributed by atoms with Gasteiger partial charge >= 0.3 is 0 Å². The first-order chi connectivity index (χ1) is 6.77.